The van der Waals surface area contributed by atoms with Gasteiger partial charge in [0.1, 0.15) is 5.75 Å². The van der Waals surface area contributed by atoms with Gasteiger partial charge in [-0.1, -0.05) is 23.2 Å². The van der Waals surface area contributed by atoms with Crippen molar-refractivity contribution in [2.24, 2.45) is 0 Å². The highest BCUT2D eigenvalue weighted by Gasteiger charge is 2.24. The molecule has 1 heterocycles. The smallest absolute Gasteiger partial charge is 0.250 e. The Morgan fingerprint density at radius 3 is 2.88 bits per heavy atom. The summed E-state index contributed by atoms with van der Waals surface area (Å²) in [5.41, 5.74) is 0.745. The van der Waals surface area contributed by atoms with E-state index in [9.17, 15) is 8.78 Å². The van der Waals surface area contributed by atoms with Crippen molar-refractivity contribution >= 4 is 23.2 Å². The Morgan fingerprint density at radius 2 is 2.18 bits per heavy atom. The molecule has 1 aliphatic heterocycles. The van der Waals surface area contributed by atoms with Gasteiger partial charge in [-0.25, -0.2) is 8.78 Å². The van der Waals surface area contributed by atoms with Gasteiger partial charge in [-0.3, -0.25) is 0 Å². The molecular weight excluding hydrogens is 271 g/mol. The third kappa shape index (κ3) is 3.00. The Balaban J connectivity index is 2.24. The quantitative estimate of drug-likeness (QED) is 0.913. The predicted octanol–water partition coefficient (Wildman–Crippen LogP) is 3.67. The lowest BCUT2D eigenvalue weighted by Crippen LogP contribution is -2.30. The number of nitrogens with one attached hydrogen (secondary N) is 1. The van der Waals surface area contributed by atoms with Crippen LogP contribution in [0.5, 0.6) is 5.75 Å². The molecule has 6 heteroatoms. The number of alkyl halides is 2. The zero-order valence-electron chi connectivity index (χ0n) is 8.85. The molecule has 0 aliphatic carbocycles. The third-order valence-electron chi connectivity index (χ3n) is 2.58. The Labute approximate surface area is 108 Å². The van der Waals surface area contributed by atoms with Gasteiger partial charge in [0, 0.05) is 23.0 Å². The predicted molar refractivity (Wildman–Crippen MR) is 63.3 cm³/mol. The summed E-state index contributed by atoms with van der Waals surface area (Å²) in [6.45, 7) is 0.101. The molecule has 1 N–H and O–H groups in total. The fourth-order valence-electron chi connectivity index (χ4n) is 1.87. The molecule has 0 aromatic heterocycles. The molecule has 0 saturated heterocycles. The van der Waals surface area contributed by atoms with Crippen LogP contribution in [-0.4, -0.2) is 19.6 Å². The van der Waals surface area contributed by atoms with Crippen molar-refractivity contribution in [3.63, 3.8) is 0 Å². The van der Waals surface area contributed by atoms with Crippen LogP contribution in [0.15, 0.2) is 12.1 Å². The SMILES string of the molecule is FC(F)CNC1CCOc2c(Cl)cc(Cl)cc21. The minimum Gasteiger partial charge on any atom is -0.492 e. The van der Waals surface area contributed by atoms with Crippen LogP contribution in [0.25, 0.3) is 0 Å². The van der Waals surface area contributed by atoms with E-state index in [2.05, 4.69) is 5.32 Å². The molecule has 2 nitrogen and oxygen atoms in total. The zero-order chi connectivity index (χ0) is 12.4. The van der Waals surface area contributed by atoms with E-state index in [4.69, 9.17) is 27.9 Å². The first-order valence-electron chi connectivity index (χ1n) is 5.21. The number of ether oxygens (including phenoxy) is 1. The number of halogens is 4. The Kier molecular flexibility index (Phi) is 4.07. The van der Waals surface area contributed by atoms with Gasteiger partial charge in [0.2, 0.25) is 0 Å². The molecule has 0 spiro atoms. The van der Waals surface area contributed by atoms with Gasteiger partial charge in [-0.15, -0.1) is 0 Å². The average Bonchev–Trinajstić information content (AvgIpc) is 2.26. The summed E-state index contributed by atoms with van der Waals surface area (Å²) in [4.78, 5) is 0. The number of benzene rings is 1. The van der Waals surface area contributed by atoms with Crippen molar-refractivity contribution in [2.45, 2.75) is 18.9 Å². The van der Waals surface area contributed by atoms with Crippen molar-refractivity contribution in [3.8, 4) is 5.75 Å². The van der Waals surface area contributed by atoms with Crippen molar-refractivity contribution in [1.82, 2.24) is 5.32 Å². The number of fused-ring (bicyclic) bond motifs is 1. The summed E-state index contributed by atoms with van der Waals surface area (Å²) in [7, 11) is 0. The lowest BCUT2D eigenvalue weighted by atomic mass is 10.0. The van der Waals surface area contributed by atoms with Crippen LogP contribution in [0.1, 0.15) is 18.0 Å². The van der Waals surface area contributed by atoms with Crippen LogP contribution in [-0.2, 0) is 0 Å². The standard InChI is InChI=1S/C11H11Cl2F2NO/c12-6-3-7-9(16-5-10(14)15)1-2-17-11(7)8(13)4-6/h3-4,9-10,16H,1-2,5H2. The highest BCUT2D eigenvalue weighted by Crippen LogP contribution is 2.39. The maximum Gasteiger partial charge on any atom is 0.250 e. The summed E-state index contributed by atoms with van der Waals surface area (Å²) in [6.07, 6.45) is -1.76. The molecular formula is C11H11Cl2F2NO. The largest absolute Gasteiger partial charge is 0.492 e. The number of hydrogen-bond donors (Lipinski definition) is 1. The fraction of sp³-hybridized carbons (Fsp3) is 0.455. The van der Waals surface area contributed by atoms with E-state index in [-0.39, 0.29) is 12.6 Å². The maximum absolute atomic E-state index is 12.2. The molecule has 0 fully saturated rings. The summed E-state index contributed by atoms with van der Waals surface area (Å²) >= 11 is 11.9. The Bertz CT molecular complexity index is 415. The molecule has 1 aliphatic rings. The molecule has 1 aromatic rings. The Morgan fingerprint density at radius 1 is 1.41 bits per heavy atom. The van der Waals surface area contributed by atoms with E-state index < -0.39 is 6.43 Å². The minimum absolute atomic E-state index is 0.191. The fourth-order valence-corrected chi connectivity index (χ4v) is 2.43. The van der Waals surface area contributed by atoms with E-state index >= 15 is 0 Å². The van der Waals surface area contributed by atoms with E-state index in [1.807, 2.05) is 0 Å². The van der Waals surface area contributed by atoms with Crippen LogP contribution in [0, 0.1) is 0 Å². The topological polar surface area (TPSA) is 21.3 Å². The molecule has 0 amide bonds. The monoisotopic (exact) mass is 281 g/mol. The molecule has 1 unspecified atom stereocenters. The van der Waals surface area contributed by atoms with Gasteiger partial charge >= 0.3 is 0 Å². The highest BCUT2D eigenvalue weighted by molar-refractivity contribution is 6.35. The van der Waals surface area contributed by atoms with E-state index in [0.29, 0.717) is 28.8 Å². The molecule has 0 radical (unpaired) electrons. The van der Waals surface area contributed by atoms with Crippen LogP contribution in [0.3, 0.4) is 0 Å². The second-order valence-electron chi connectivity index (χ2n) is 3.80. The molecule has 94 valence electrons. The first-order chi connectivity index (χ1) is 8.08. The van der Waals surface area contributed by atoms with Crippen LogP contribution >= 0.6 is 23.2 Å². The first-order valence-corrected chi connectivity index (χ1v) is 5.97. The normalized spacial score (nSPS) is 19.0. The summed E-state index contributed by atoms with van der Waals surface area (Å²) in [6, 6.07) is 3.09. The van der Waals surface area contributed by atoms with Crippen LogP contribution < -0.4 is 10.1 Å². The van der Waals surface area contributed by atoms with Gasteiger partial charge < -0.3 is 10.1 Å². The van der Waals surface area contributed by atoms with Gasteiger partial charge in [0.05, 0.1) is 18.2 Å². The third-order valence-corrected chi connectivity index (χ3v) is 3.08. The number of hydrogen-bond acceptors (Lipinski definition) is 2. The van der Waals surface area contributed by atoms with Gasteiger partial charge in [-0.2, -0.15) is 0 Å². The van der Waals surface area contributed by atoms with E-state index in [0.717, 1.165) is 5.56 Å². The van der Waals surface area contributed by atoms with E-state index in [1.54, 1.807) is 12.1 Å². The molecule has 0 bridgehead atoms. The molecule has 2 rings (SSSR count). The van der Waals surface area contributed by atoms with Crippen molar-refractivity contribution < 1.29 is 13.5 Å². The van der Waals surface area contributed by atoms with Gasteiger partial charge in [0.15, 0.2) is 0 Å². The summed E-state index contributed by atoms with van der Waals surface area (Å²) < 4.78 is 29.8. The molecule has 0 saturated carbocycles. The van der Waals surface area contributed by atoms with Gasteiger partial charge in [0.25, 0.3) is 6.43 Å². The van der Waals surface area contributed by atoms with Crippen molar-refractivity contribution in [1.29, 1.82) is 0 Å². The lowest BCUT2D eigenvalue weighted by Gasteiger charge is -2.27. The number of rotatable bonds is 3. The summed E-state index contributed by atoms with van der Waals surface area (Å²) in [5.74, 6) is 0.536. The Hall–Kier alpha value is -0.580. The van der Waals surface area contributed by atoms with Crippen LogP contribution in [0.2, 0.25) is 10.0 Å². The van der Waals surface area contributed by atoms with Crippen molar-refractivity contribution in [2.75, 3.05) is 13.2 Å². The summed E-state index contributed by atoms with van der Waals surface area (Å²) in [5, 5.41) is 3.67. The van der Waals surface area contributed by atoms with E-state index in [1.165, 1.54) is 0 Å². The highest BCUT2D eigenvalue weighted by atomic mass is 35.5. The van der Waals surface area contributed by atoms with Crippen LogP contribution in [0.4, 0.5) is 8.78 Å². The maximum atomic E-state index is 12.2. The molecule has 17 heavy (non-hydrogen) atoms. The minimum atomic E-state index is -2.38. The van der Waals surface area contributed by atoms with Gasteiger partial charge in [-0.05, 0) is 12.1 Å². The first kappa shape index (κ1) is 12.9. The zero-order valence-corrected chi connectivity index (χ0v) is 10.4. The lowest BCUT2D eigenvalue weighted by molar-refractivity contribution is 0.136. The van der Waals surface area contributed by atoms with Crippen molar-refractivity contribution in [3.05, 3.63) is 27.7 Å². The average molecular weight is 282 g/mol. The second kappa shape index (κ2) is 5.38. The second-order valence-corrected chi connectivity index (χ2v) is 4.64. The molecule has 1 atom stereocenters. The molecule has 1 aromatic carbocycles.